The van der Waals surface area contributed by atoms with Crippen molar-refractivity contribution in [1.29, 1.82) is 0 Å². The van der Waals surface area contributed by atoms with Crippen LogP contribution in [-0.4, -0.2) is 23.1 Å². The molecule has 0 spiro atoms. The van der Waals surface area contributed by atoms with E-state index in [1.807, 2.05) is 24.3 Å². The molecule has 1 fully saturated rings. The van der Waals surface area contributed by atoms with Gasteiger partial charge in [0.1, 0.15) is 0 Å². The third-order valence-corrected chi connectivity index (χ3v) is 4.54. The second-order valence-corrected chi connectivity index (χ2v) is 6.47. The van der Waals surface area contributed by atoms with Crippen molar-refractivity contribution in [2.45, 2.75) is 19.8 Å². The quantitative estimate of drug-likeness (QED) is 0.746. The first-order valence-electron chi connectivity index (χ1n) is 8.35. The molecule has 2 N–H and O–H groups in total. The highest BCUT2D eigenvalue weighted by molar-refractivity contribution is 5.78. The van der Waals surface area contributed by atoms with E-state index in [2.05, 4.69) is 51.4 Å². The predicted molar refractivity (Wildman–Crippen MR) is 96.4 cm³/mol. The van der Waals surface area contributed by atoms with Crippen molar-refractivity contribution in [2.24, 2.45) is 5.92 Å². The number of nitrogens with one attached hydrogen (secondary N) is 2. The van der Waals surface area contributed by atoms with E-state index in [9.17, 15) is 0 Å². The fourth-order valence-electron chi connectivity index (χ4n) is 3.33. The molecule has 1 aromatic heterocycles. The largest absolute Gasteiger partial charge is 0.371 e. The first-order valence-corrected chi connectivity index (χ1v) is 8.35. The summed E-state index contributed by atoms with van der Waals surface area (Å²) >= 11 is 0. The normalized spacial score (nSPS) is 18.3. The summed E-state index contributed by atoms with van der Waals surface area (Å²) in [6.45, 7) is 4.67. The van der Waals surface area contributed by atoms with Crippen molar-refractivity contribution in [3.63, 3.8) is 0 Å². The average Bonchev–Trinajstić information content (AvgIpc) is 2.98. The van der Waals surface area contributed by atoms with E-state index >= 15 is 0 Å². The molecule has 1 aliphatic heterocycles. The molecule has 0 aliphatic carbocycles. The molecule has 0 radical (unpaired) electrons. The molecule has 1 unspecified atom stereocenters. The minimum Gasteiger partial charge on any atom is -0.371 e. The lowest BCUT2D eigenvalue weighted by Crippen LogP contribution is -2.34. The third kappa shape index (κ3) is 3.02. The Bertz CT molecular complexity index is 757. The van der Waals surface area contributed by atoms with Crippen LogP contribution in [0.4, 0.5) is 17.3 Å². The van der Waals surface area contributed by atoms with Crippen LogP contribution in [0.5, 0.6) is 0 Å². The Morgan fingerprint density at radius 2 is 1.96 bits per heavy atom. The van der Waals surface area contributed by atoms with Crippen LogP contribution in [0, 0.1) is 5.92 Å². The zero-order valence-corrected chi connectivity index (χ0v) is 13.4. The van der Waals surface area contributed by atoms with Gasteiger partial charge < -0.3 is 15.2 Å². The molecule has 4 heteroatoms. The highest BCUT2D eigenvalue weighted by Gasteiger charge is 2.16. The number of anilines is 3. The zero-order chi connectivity index (χ0) is 15.6. The van der Waals surface area contributed by atoms with Gasteiger partial charge in [-0.05, 0) is 55.2 Å². The van der Waals surface area contributed by atoms with Gasteiger partial charge in [-0.25, -0.2) is 4.98 Å². The average molecular weight is 306 g/mol. The van der Waals surface area contributed by atoms with Gasteiger partial charge in [-0.3, -0.25) is 0 Å². The Morgan fingerprint density at radius 3 is 2.74 bits per heavy atom. The Labute approximate surface area is 136 Å². The van der Waals surface area contributed by atoms with E-state index in [4.69, 9.17) is 0 Å². The molecular weight excluding hydrogens is 284 g/mol. The summed E-state index contributed by atoms with van der Waals surface area (Å²) < 4.78 is 0. The zero-order valence-electron chi connectivity index (χ0n) is 13.4. The maximum atomic E-state index is 4.55. The van der Waals surface area contributed by atoms with Gasteiger partial charge in [0, 0.05) is 24.5 Å². The highest BCUT2D eigenvalue weighted by atomic mass is 15.1. The lowest BCUT2D eigenvalue weighted by atomic mass is 10.00. The maximum Gasteiger partial charge on any atom is 0.205 e. The summed E-state index contributed by atoms with van der Waals surface area (Å²) in [5.41, 5.74) is 4.40. The number of nitrogens with zero attached hydrogens (tertiary/aromatic N) is 2. The number of benzene rings is 2. The number of imidazole rings is 1. The molecule has 0 saturated carbocycles. The van der Waals surface area contributed by atoms with Crippen LogP contribution >= 0.6 is 0 Å². The summed E-state index contributed by atoms with van der Waals surface area (Å²) in [6, 6.07) is 16.7. The Balaban J connectivity index is 1.49. The topological polar surface area (TPSA) is 44.0 Å². The number of aromatic nitrogens is 2. The molecule has 1 saturated heterocycles. The monoisotopic (exact) mass is 306 g/mol. The molecule has 23 heavy (non-hydrogen) atoms. The van der Waals surface area contributed by atoms with Gasteiger partial charge in [0.2, 0.25) is 5.95 Å². The van der Waals surface area contributed by atoms with Gasteiger partial charge in [0.05, 0.1) is 11.0 Å². The van der Waals surface area contributed by atoms with Gasteiger partial charge in [-0.1, -0.05) is 19.1 Å². The lowest BCUT2D eigenvalue weighted by molar-refractivity contribution is 0.447. The van der Waals surface area contributed by atoms with Crippen molar-refractivity contribution in [2.75, 3.05) is 23.3 Å². The number of hydrogen-bond donors (Lipinski definition) is 2. The van der Waals surface area contributed by atoms with E-state index in [0.29, 0.717) is 0 Å². The first kappa shape index (κ1) is 14.1. The molecule has 0 bridgehead atoms. The Hall–Kier alpha value is -2.49. The Morgan fingerprint density at radius 1 is 1.13 bits per heavy atom. The van der Waals surface area contributed by atoms with Gasteiger partial charge in [-0.2, -0.15) is 0 Å². The molecule has 2 aromatic carbocycles. The van der Waals surface area contributed by atoms with Crippen LogP contribution in [0.3, 0.4) is 0 Å². The van der Waals surface area contributed by atoms with Crippen LogP contribution in [-0.2, 0) is 0 Å². The summed E-state index contributed by atoms with van der Waals surface area (Å²) in [7, 11) is 0. The first-order chi connectivity index (χ1) is 11.3. The molecule has 118 valence electrons. The highest BCUT2D eigenvalue weighted by Crippen LogP contribution is 2.25. The van der Waals surface area contributed by atoms with E-state index in [1.165, 1.54) is 25.1 Å². The molecule has 4 rings (SSSR count). The second kappa shape index (κ2) is 5.95. The molecule has 3 aromatic rings. The van der Waals surface area contributed by atoms with Crippen LogP contribution in [0.15, 0.2) is 48.5 Å². The Kier molecular flexibility index (Phi) is 3.66. The summed E-state index contributed by atoms with van der Waals surface area (Å²) in [5.74, 6) is 1.57. The van der Waals surface area contributed by atoms with Crippen molar-refractivity contribution in [1.82, 2.24) is 9.97 Å². The number of rotatable bonds is 3. The smallest absolute Gasteiger partial charge is 0.205 e. The van der Waals surface area contributed by atoms with Crippen molar-refractivity contribution < 1.29 is 0 Å². The van der Waals surface area contributed by atoms with Gasteiger partial charge >= 0.3 is 0 Å². The fourth-order valence-corrected chi connectivity index (χ4v) is 3.33. The van der Waals surface area contributed by atoms with Crippen LogP contribution in [0.1, 0.15) is 19.8 Å². The summed E-state index contributed by atoms with van der Waals surface area (Å²) in [5, 5.41) is 3.35. The van der Waals surface area contributed by atoms with Crippen LogP contribution in [0.2, 0.25) is 0 Å². The second-order valence-electron chi connectivity index (χ2n) is 6.47. The third-order valence-electron chi connectivity index (χ3n) is 4.54. The van der Waals surface area contributed by atoms with Gasteiger partial charge in [0.15, 0.2) is 0 Å². The SMILES string of the molecule is CC1CCCN(c2ccc(Nc3nc4ccccc4[nH]3)cc2)C1. The number of hydrogen-bond acceptors (Lipinski definition) is 3. The molecule has 1 atom stereocenters. The number of piperidine rings is 1. The predicted octanol–water partition coefficient (Wildman–Crippen LogP) is 4.54. The van der Waals surface area contributed by atoms with E-state index in [0.717, 1.165) is 35.1 Å². The number of para-hydroxylation sites is 2. The minimum absolute atomic E-state index is 0.783. The molecule has 1 aliphatic rings. The number of fused-ring (bicyclic) bond motifs is 1. The molecular formula is C19H22N4. The lowest BCUT2D eigenvalue weighted by Gasteiger charge is -2.32. The summed E-state index contributed by atoms with van der Waals surface area (Å²) in [4.78, 5) is 10.3. The van der Waals surface area contributed by atoms with E-state index in [-0.39, 0.29) is 0 Å². The van der Waals surface area contributed by atoms with Crippen molar-refractivity contribution in [3.8, 4) is 0 Å². The van der Waals surface area contributed by atoms with E-state index in [1.54, 1.807) is 0 Å². The number of H-pyrrole nitrogens is 1. The standard InChI is InChI=1S/C19H22N4/c1-14-5-4-12-23(13-14)16-10-8-15(9-11-16)20-19-21-17-6-2-3-7-18(17)22-19/h2-3,6-11,14H,4-5,12-13H2,1H3,(H2,20,21,22). The molecule has 0 amide bonds. The minimum atomic E-state index is 0.783. The van der Waals surface area contributed by atoms with Gasteiger partial charge in [0.25, 0.3) is 0 Å². The van der Waals surface area contributed by atoms with Crippen LogP contribution < -0.4 is 10.2 Å². The summed E-state index contributed by atoms with van der Waals surface area (Å²) in [6.07, 6.45) is 2.64. The van der Waals surface area contributed by atoms with E-state index < -0.39 is 0 Å². The molecule has 4 nitrogen and oxygen atoms in total. The fraction of sp³-hybridized carbons (Fsp3) is 0.316. The van der Waals surface area contributed by atoms with Gasteiger partial charge in [-0.15, -0.1) is 0 Å². The number of aromatic amines is 1. The molecule has 2 heterocycles. The van der Waals surface area contributed by atoms with Crippen molar-refractivity contribution >= 4 is 28.4 Å². The maximum absolute atomic E-state index is 4.55. The van der Waals surface area contributed by atoms with Crippen LogP contribution in [0.25, 0.3) is 11.0 Å². The van der Waals surface area contributed by atoms with Crippen molar-refractivity contribution in [3.05, 3.63) is 48.5 Å².